The first-order chi connectivity index (χ1) is 7.13. The van der Waals surface area contributed by atoms with Crippen LogP contribution in [0, 0.1) is 3.95 Å². The zero-order valence-corrected chi connectivity index (χ0v) is 11.8. The zero-order chi connectivity index (χ0) is 12.6. The SMILES string of the molecule is CC(C)(C)OC(=O)C(C)(C)c1c[nH]c(=S)s1. The summed E-state index contributed by atoms with van der Waals surface area (Å²) in [5, 5.41) is 0. The number of thiazole rings is 1. The van der Waals surface area contributed by atoms with Crippen LogP contribution in [0.4, 0.5) is 0 Å². The summed E-state index contributed by atoms with van der Waals surface area (Å²) in [7, 11) is 0. The van der Waals surface area contributed by atoms with Gasteiger partial charge in [0.25, 0.3) is 0 Å². The lowest BCUT2D eigenvalue weighted by molar-refractivity contribution is -0.160. The number of aromatic nitrogens is 1. The Morgan fingerprint density at radius 2 is 1.94 bits per heavy atom. The quantitative estimate of drug-likeness (QED) is 0.653. The van der Waals surface area contributed by atoms with Crippen LogP contribution in [0.25, 0.3) is 0 Å². The topological polar surface area (TPSA) is 42.1 Å². The molecule has 0 atom stereocenters. The maximum atomic E-state index is 12.0. The van der Waals surface area contributed by atoms with Crippen LogP contribution in [-0.4, -0.2) is 16.6 Å². The summed E-state index contributed by atoms with van der Waals surface area (Å²) in [5.74, 6) is -0.231. The standard InChI is InChI=1S/C11H17NO2S2/c1-10(2,3)14-8(13)11(4,5)7-6-12-9(15)16-7/h6H,1-5H3,(H,12,15). The second-order valence-electron chi connectivity index (χ2n) is 5.17. The Balaban J connectivity index is 2.94. The summed E-state index contributed by atoms with van der Waals surface area (Å²) in [4.78, 5) is 15.8. The summed E-state index contributed by atoms with van der Waals surface area (Å²) >= 11 is 6.42. The Labute approximate surface area is 105 Å². The Morgan fingerprint density at radius 3 is 2.31 bits per heavy atom. The van der Waals surface area contributed by atoms with Crippen molar-refractivity contribution in [3.05, 3.63) is 15.0 Å². The van der Waals surface area contributed by atoms with E-state index in [1.807, 2.05) is 34.6 Å². The van der Waals surface area contributed by atoms with E-state index in [9.17, 15) is 4.79 Å². The number of hydrogen-bond acceptors (Lipinski definition) is 4. The molecule has 1 rings (SSSR count). The van der Waals surface area contributed by atoms with E-state index >= 15 is 0 Å². The van der Waals surface area contributed by atoms with Gasteiger partial charge in [-0.05, 0) is 46.8 Å². The number of hydrogen-bond donors (Lipinski definition) is 1. The molecule has 1 N–H and O–H groups in total. The smallest absolute Gasteiger partial charge is 0.317 e. The molecule has 1 heterocycles. The molecule has 16 heavy (non-hydrogen) atoms. The van der Waals surface area contributed by atoms with Crippen molar-refractivity contribution in [2.75, 3.05) is 0 Å². The normalized spacial score (nSPS) is 12.6. The molecule has 3 nitrogen and oxygen atoms in total. The number of carbonyl (C=O) groups is 1. The molecule has 0 aromatic carbocycles. The third-order valence-corrected chi connectivity index (χ3v) is 3.57. The van der Waals surface area contributed by atoms with Gasteiger partial charge in [-0.25, -0.2) is 0 Å². The number of nitrogens with one attached hydrogen (secondary N) is 1. The summed E-state index contributed by atoms with van der Waals surface area (Å²) in [6.45, 7) is 9.27. The fourth-order valence-electron chi connectivity index (χ4n) is 1.10. The molecular formula is C11H17NO2S2. The molecule has 0 saturated heterocycles. The fraction of sp³-hybridized carbons (Fsp3) is 0.636. The van der Waals surface area contributed by atoms with Gasteiger partial charge in [-0.1, -0.05) is 0 Å². The Kier molecular flexibility index (Phi) is 3.59. The maximum absolute atomic E-state index is 12.0. The van der Waals surface area contributed by atoms with E-state index in [0.29, 0.717) is 3.95 Å². The van der Waals surface area contributed by atoms with Gasteiger partial charge in [0, 0.05) is 11.1 Å². The molecule has 0 fully saturated rings. The lowest BCUT2D eigenvalue weighted by Crippen LogP contribution is -2.36. The predicted octanol–water partition coefficient (Wildman–Crippen LogP) is 3.42. The average Bonchev–Trinajstić information content (AvgIpc) is 2.48. The van der Waals surface area contributed by atoms with E-state index in [1.165, 1.54) is 11.3 Å². The molecule has 0 aliphatic carbocycles. The molecule has 0 saturated carbocycles. The van der Waals surface area contributed by atoms with Gasteiger partial charge in [-0.3, -0.25) is 4.79 Å². The molecule has 0 amide bonds. The highest BCUT2D eigenvalue weighted by atomic mass is 32.1. The van der Waals surface area contributed by atoms with Gasteiger partial charge in [-0.15, -0.1) is 11.3 Å². The number of esters is 1. The zero-order valence-electron chi connectivity index (χ0n) is 10.2. The van der Waals surface area contributed by atoms with Crippen LogP contribution in [0.2, 0.25) is 0 Å². The Hall–Kier alpha value is -0.680. The van der Waals surface area contributed by atoms with Crippen LogP contribution >= 0.6 is 23.6 Å². The maximum Gasteiger partial charge on any atom is 0.317 e. The third-order valence-electron chi connectivity index (χ3n) is 2.05. The number of H-pyrrole nitrogens is 1. The van der Waals surface area contributed by atoms with Crippen molar-refractivity contribution in [2.45, 2.75) is 45.6 Å². The number of carbonyl (C=O) groups excluding carboxylic acids is 1. The highest BCUT2D eigenvalue weighted by Crippen LogP contribution is 2.30. The molecule has 5 heteroatoms. The first-order valence-corrected chi connectivity index (χ1v) is 6.28. The van der Waals surface area contributed by atoms with E-state index in [2.05, 4.69) is 4.98 Å². The van der Waals surface area contributed by atoms with Crippen LogP contribution < -0.4 is 0 Å². The number of rotatable bonds is 2. The van der Waals surface area contributed by atoms with Crippen molar-refractivity contribution in [3.8, 4) is 0 Å². The minimum absolute atomic E-state index is 0.231. The molecule has 0 unspecified atom stereocenters. The van der Waals surface area contributed by atoms with Gasteiger partial charge in [-0.2, -0.15) is 0 Å². The molecule has 90 valence electrons. The van der Waals surface area contributed by atoms with Crippen molar-refractivity contribution >= 4 is 29.5 Å². The lowest BCUT2D eigenvalue weighted by atomic mass is 9.92. The highest BCUT2D eigenvalue weighted by Gasteiger charge is 2.35. The fourth-order valence-corrected chi connectivity index (χ4v) is 2.20. The predicted molar refractivity (Wildman–Crippen MR) is 68.4 cm³/mol. The van der Waals surface area contributed by atoms with Gasteiger partial charge in [0.1, 0.15) is 5.60 Å². The minimum atomic E-state index is -0.661. The van der Waals surface area contributed by atoms with Crippen LogP contribution in [0.15, 0.2) is 6.20 Å². The third kappa shape index (κ3) is 3.15. The molecule has 1 aromatic rings. The monoisotopic (exact) mass is 259 g/mol. The molecule has 0 radical (unpaired) electrons. The number of aromatic amines is 1. The summed E-state index contributed by atoms with van der Waals surface area (Å²) in [6, 6.07) is 0. The van der Waals surface area contributed by atoms with E-state index in [-0.39, 0.29) is 5.97 Å². The van der Waals surface area contributed by atoms with Crippen LogP contribution in [0.3, 0.4) is 0 Å². The van der Waals surface area contributed by atoms with Crippen molar-refractivity contribution in [2.24, 2.45) is 0 Å². The summed E-state index contributed by atoms with van der Waals surface area (Å²) in [5.41, 5.74) is -1.13. The molecule has 1 aromatic heterocycles. The second kappa shape index (κ2) is 4.30. The first-order valence-electron chi connectivity index (χ1n) is 5.05. The molecular weight excluding hydrogens is 242 g/mol. The molecule has 0 aliphatic heterocycles. The first kappa shape index (κ1) is 13.4. The number of ether oxygens (including phenoxy) is 1. The van der Waals surface area contributed by atoms with Gasteiger partial charge in [0.05, 0.1) is 5.41 Å². The van der Waals surface area contributed by atoms with Gasteiger partial charge in [0.15, 0.2) is 3.95 Å². The Bertz CT molecular complexity index is 437. The van der Waals surface area contributed by atoms with Crippen molar-refractivity contribution < 1.29 is 9.53 Å². The van der Waals surface area contributed by atoms with E-state index < -0.39 is 11.0 Å². The van der Waals surface area contributed by atoms with E-state index in [4.69, 9.17) is 17.0 Å². The Morgan fingerprint density at radius 1 is 1.38 bits per heavy atom. The summed E-state index contributed by atoms with van der Waals surface area (Å²) in [6.07, 6.45) is 1.77. The average molecular weight is 259 g/mol. The lowest BCUT2D eigenvalue weighted by Gasteiger charge is -2.27. The highest BCUT2D eigenvalue weighted by molar-refractivity contribution is 7.73. The minimum Gasteiger partial charge on any atom is -0.459 e. The van der Waals surface area contributed by atoms with Crippen LogP contribution in [0.1, 0.15) is 39.5 Å². The van der Waals surface area contributed by atoms with E-state index in [0.717, 1.165) is 4.88 Å². The van der Waals surface area contributed by atoms with Gasteiger partial charge in [0.2, 0.25) is 0 Å². The summed E-state index contributed by atoms with van der Waals surface area (Å²) < 4.78 is 6.06. The van der Waals surface area contributed by atoms with Gasteiger partial charge >= 0.3 is 5.97 Å². The van der Waals surface area contributed by atoms with Crippen LogP contribution in [-0.2, 0) is 14.9 Å². The van der Waals surface area contributed by atoms with Gasteiger partial charge < -0.3 is 9.72 Å². The molecule has 0 aliphatic rings. The van der Waals surface area contributed by atoms with Crippen LogP contribution in [0.5, 0.6) is 0 Å². The van der Waals surface area contributed by atoms with Crippen molar-refractivity contribution in [1.82, 2.24) is 4.98 Å². The van der Waals surface area contributed by atoms with Crippen molar-refractivity contribution in [1.29, 1.82) is 0 Å². The molecule has 0 bridgehead atoms. The second-order valence-corrected chi connectivity index (χ2v) is 6.89. The molecule has 0 spiro atoms. The van der Waals surface area contributed by atoms with E-state index in [1.54, 1.807) is 6.20 Å². The van der Waals surface area contributed by atoms with Crippen molar-refractivity contribution in [3.63, 3.8) is 0 Å². The largest absolute Gasteiger partial charge is 0.459 e.